The summed E-state index contributed by atoms with van der Waals surface area (Å²) in [6.45, 7) is -0.157. The fourth-order valence-electron chi connectivity index (χ4n) is 2.55. The summed E-state index contributed by atoms with van der Waals surface area (Å²) in [5.74, 6) is 0. The third-order valence-electron chi connectivity index (χ3n) is 2.81. The smallest absolute Gasteiger partial charge is 0.0899 e. The van der Waals surface area contributed by atoms with Gasteiger partial charge < -0.3 is 5.73 Å². The zero-order valence-corrected chi connectivity index (χ0v) is 5.49. The van der Waals surface area contributed by atoms with Gasteiger partial charge in [-0.3, -0.25) is 4.39 Å². The van der Waals surface area contributed by atoms with E-state index in [1.807, 2.05) is 0 Å². The fraction of sp³-hybridized carbons (Fsp3) is 1.00. The van der Waals surface area contributed by atoms with E-state index in [9.17, 15) is 4.39 Å². The number of nitrogens with two attached hydrogens (primary N) is 1. The van der Waals surface area contributed by atoms with Crippen LogP contribution in [-0.4, -0.2) is 12.2 Å². The number of halogens is 1. The second-order valence-corrected chi connectivity index (χ2v) is 3.83. The fourth-order valence-corrected chi connectivity index (χ4v) is 2.55. The van der Waals surface area contributed by atoms with E-state index >= 15 is 0 Å². The quantitative estimate of drug-likeness (QED) is 0.596. The lowest BCUT2D eigenvalue weighted by atomic mass is 9.39. The van der Waals surface area contributed by atoms with Gasteiger partial charge in [0.2, 0.25) is 0 Å². The van der Waals surface area contributed by atoms with Crippen molar-refractivity contribution in [2.75, 3.05) is 6.67 Å². The van der Waals surface area contributed by atoms with Crippen LogP contribution in [-0.2, 0) is 0 Å². The van der Waals surface area contributed by atoms with Crippen LogP contribution in [0.4, 0.5) is 4.39 Å². The molecule has 0 amide bonds. The van der Waals surface area contributed by atoms with Crippen molar-refractivity contribution < 1.29 is 4.39 Å². The number of rotatable bonds is 2. The van der Waals surface area contributed by atoms with Gasteiger partial charge in [-0.1, -0.05) is 0 Å². The van der Waals surface area contributed by atoms with E-state index < -0.39 is 0 Å². The van der Waals surface area contributed by atoms with E-state index in [1.54, 1.807) is 0 Å². The van der Waals surface area contributed by atoms with Crippen molar-refractivity contribution in [3.8, 4) is 0 Å². The van der Waals surface area contributed by atoms with Crippen LogP contribution in [0.15, 0.2) is 0 Å². The number of hydrogen-bond acceptors (Lipinski definition) is 1. The summed E-state index contributed by atoms with van der Waals surface area (Å²) in [4.78, 5) is 0. The molecule has 2 bridgehead atoms. The normalized spacial score (nSPS) is 54.0. The molecule has 3 aliphatic carbocycles. The maximum atomic E-state index is 11.8. The Balaban J connectivity index is 1.90. The molecule has 0 spiro atoms. The van der Waals surface area contributed by atoms with E-state index in [0.29, 0.717) is 5.41 Å². The Kier molecular flexibility index (Phi) is 0.825. The molecule has 0 aromatic heterocycles. The van der Waals surface area contributed by atoms with E-state index in [-0.39, 0.29) is 12.2 Å². The van der Waals surface area contributed by atoms with Gasteiger partial charge in [-0.25, -0.2) is 0 Å². The molecule has 0 aliphatic heterocycles. The first-order valence-electron chi connectivity index (χ1n) is 3.53. The predicted molar refractivity (Wildman–Crippen MR) is 33.8 cm³/mol. The minimum atomic E-state index is -0.157. The van der Waals surface area contributed by atoms with Gasteiger partial charge in [0.25, 0.3) is 0 Å². The predicted octanol–water partition coefficient (Wildman–Crippen LogP) is 1.23. The van der Waals surface area contributed by atoms with Crippen LogP contribution in [0.5, 0.6) is 0 Å². The molecule has 3 fully saturated rings. The lowest BCUT2D eigenvalue weighted by Gasteiger charge is -2.69. The number of alkyl halides is 1. The van der Waals surface area contributed by atoms with E-state index in [1.165, 1.54) is 0 Å². The summed E-state index contributed by atoms with van der Waals surface area (Å²) in [6, 6.07) is 0. The average Bonchev–Trinajstić information content (AvgIpc) is 1.60. The summed E-state index contributed by atoms with van der Waals surface area (Å²) in [5, 5.41) is 0. The zero-order valence-electron chi connectivity index (χ0n) is 5.49. The second-order valence-electron chi connectivity index (χ2n) is 3.83. The molecule has 1 nitrogen and oxygen atoms in total. The monoisotopic (exact) mass is 129 g/mol. The van der Waals surface area contributed by atoms with Gasteiger partial charge >= 0.3 is 0 Å². The van der Waals surface area contributed by atoms with Crippen LogP contribution in [0.1, 0.15) is 25.7 Å². The molecule has 2 N–H and O–H groups in total. The Bertz CT molecular complexity index is 118. The highest BCUT2D eigenvalue weighted by Crippen LogP contribution is 2.67. The van der Waals surface area contributed by atoms with Crippen molar-refractivity contribution >= 4 is 0 Å². The van der Waals surface area contributed by atoms with Crippen LogP contribution in [0, 0.1) is 5.41 Å². The lowest BCUT2D eigenvalue weighted by molar-refractivity contribution is -0.138. The van der Waals surface area contributed by atoms with Crippen molar-refractivity contribution in [3.05, 3.63) is 0 Å². The molecule has 2 heteroatoms. The van der Waals surface area contributed by atoms with Crippen LogP contribution in [0.25, 0.3) is 0 Å². The van der Waals surface area contributed by atoms with Crippen molar-refractivity contribution in [1.82, 2.24) is 0 Å². The van der Waals surface area contributed by atoms with Gasteiger partial charge in [0.1, 0.15) is 0 Å². The highest BCUT2D eigenvalue weighted by atomic mass is 19.1. The molecule has 3 rings (SSSR count). The summed E-state index contributed by atoms with van der Waals surface area (Å²) in [7, 11) is 0. The Morgan fingerprint density at radius 1 is 1.33 bits per heavy atom. The first-order chi connectivity index (χ1) is 4.18. The van der Waals surface area contributed by atoms with Crippen molar-refractivity contribution in [1.29, 1.82) is 0 Å². The largest absolute Gasteiger partial charge is 0.325 e. The average molecular weight is 129 g/mol. The van der Waals surface area contributed by atoms with Crippen LogP contribution < -0.4 is 5.73 Å². The van der Waals surface area contributed by atoms with Crippen molar-refractivity contribution in [2.45, 2.75) is 31.2 Å². The molecule has 0 radical (unpaired) electrons. The number of hydrogen-bond donors (Lipinski definition) is 1. The van der Waals surface area contributed by atoms with Crippen LogP contribution in [0.3, 0.4) is 0 Å². The highest BCUT2D eigenvalue weighted by molar-refractivity contribution is 5.21. The summed E-state index contributed by atoms with van der Waals surface area (Å²) in [5.41, 5.74) is 6.32. The molecule has 0 unspecified atom stereocenters. The molecule has 3 saturated carbocycles. The Morgan fingerprint density at radius 3 is 2.22 bits per heavy atom. The Hall–Kier alpha value is -0.110. The molecule has 0 aromatic rings. The Morgan fingerprint density at radius 2 is 1.89 bits per heavy atom. The molecule has 0 saturated heterocycles. The summed E-state index contributed by atoms with van der Waals surface area (Å²) >= 11 is 0. The van der Waals surface area contributed by atoms with Crippen LogP contribution in [0.2, 0.25) is 0 Å². The standard InChI is InChI=1S/C7H12FN/c8-2-1-6-3-7(9,4-6)5-6/h1-5,9H2. The van der Waals surface area contributed by atoms with Crippen LogP contribution >= 0.6 is 0 Å². The van der Waals surface area contributed by atoms with E-state index in [0.717, 1.165) is 25.7 Å². The van der Waals surface area contributed by atoms with Gasteiger partial charge in [0.05, 0.1) is 6.67 Å². The van der Waals surface area contributed by atoms with Gasteiger partial charge in [-0.2, -0.15) is 0 Å². The molecule has 0 atom stereocenters. The Labute approximate surface area is 54.4 Å². The molecular weight excluding hydrogens is 117 g/mol. The highest BCUT2D eigenvalue weighted by Gasteiger charge is 2.64. The molecule has 9 heavy (non-hydrogen) atoms. The van der Waals surface area contributed by atoms with E-state index in [2.05, 4.69) is 0 Å². The maximum Gasteiger partial charge on any atom is 0.0899 e. The SMILES string of the molecule is NC12CC(CCF)(C1)C2. The molecule has 0 aromatic carbocycles. The van der Waals surface area contributed by atoms with Crippen molar-refractivity contribution in [3.63, 3.8) is 0 Å². The summed E-state index contributed by atoms with van der Waals surface area (Å²) in [6.07, 6.45) is 4.02. The van der Waals surface area contributed by atoms with Crippen molar-refractivity contribution in [2.24, 2.45) is 11.1 Å². The molecule has 3 aliphatic rings. The van der Waals surface area contributed by atoms with Gasteiger partial charge in [0.15, 0.2) is 0 Å². The maximum absolute atomic E-state index is 11.8. The molecule has 0 heterocycles. The first kappa shape index (κ1) is 5.66. The second kappa shape index (κ2) is 1.31. The van der Waals surface area contributed by atoms with Gasteiger partial charge in [-0.15, -0.1) is 0 Å². The van der Waals surface area contributed by atoms with Gasteiger partial charge in [0, 0.05) is 5.54 Å². The zero-order chi connectivity index (χ0) is 6.54. The third kappa shape index (κ3) is 0.571. The topological polar surface area (TPSA) is 26.0 Å². The first-order valence-corrected chi connectivity index (χ1v) is 3.53. The summed E-state index contributed by atoms with van der Waals surface area (Å²) < 4.78 is 11.8. The van der Waals surface area contributed by atoms with Gasteiger partial charge in [-0.05, 0) is 31.1 Å². The molecular formula is C7H12FN. The molecule has 52 valence electrons. The third-order valence-corrected chi connectivity index (χ3v) is 2.81. The minimum Gasteiger partial charge on any atom is -0.325 e. The lowest BCUT2D eigenvalue weighted by Crippen LogP contribution is -2.72. The minimum absolute atomic E-state index is 0.157. The van der Waals surface area contributed by atoms with E-state index in [4.69, 9.17) is 5.73 Å².